The molecule has 166 valence electrons. The number of hydrogen-bond donors (Lipinski definition) is 2. The lowest BCUT2D eigenvalue weighted by Gasteiger charge is -2.33. The van der Waals surface area contributed by atoms with Gasteiger partial charge in [-0.15, -0.1) is 0 Å². The molecule has 2 N–H and O–H groups in total. The Bertz CT molecular complexity index is 888. The number of carbonyl (C=O) groups is 3. The molecule has 3 atom stereocenters. The Kier molecular flexibility index (Phi) is 8.28. The predicted molar refractivity (Wildman–Crippen MR) is 124 cm³/mol. The third-order valence-electron chi connectivity index (χ3n) is 5.54. The molecule has 3 unspecified atom stereocenters. The number of ketones is 1. The van der Waals surface area contributed by atoms with Gasteiger partial charge in [0.1, 0.15) is 18.2 Å². The third-order valence-corrected chi connectivity index (χ3v) is 7.33. The van der Waals surface area contributed by atoms with E-state index in [0.29, 0.717) is 24.2 Å². The molecule has 1 saturated heterocycles. The lowest BCUT2D eigenvalue weighted by molar-refractivity contribution is -0.131. The summed E-state index contributed by atoms with van der Waals surface area (Å²) in [7, 11) is 0. The summed E-state index contributed by atoms with van der Waals surface area (Å²) in [5, 5.41) is 9.37. The standard InChI is InChI=1S/C23H28N2O4S2/c1-3-20-23(4-2,19(26)12-29-20)25-22(28)18(24-21(27)17-10-11-30-14-17)15-31-13-16-8-6-5-7-9-16/h5-11,14,18,20H,3-4,12-13,15H2,1-2H3,(H,24,27)(H,25,28). The van der Waals surface area contributed by atoms with Crippen LogP contribution in [0, 0.1) is 0 Å². The number of ether oxygens (including phenoxy) is 1. The molecule has 1 aliphatic rings. The van der Waals surface area contributed by atoms with Gasteiger partial charge in [-0.25, -0.2) is 0 Å². The van der Waals surface area contributed by atoms with Crippen molar-refractivity contribution in [2.75, 3.05) is 12.4 Å². The van der Waals surface area contributed by atoms with Crippen LogP contribution in [0.25, 0.3) is 0 Å². The molecule has 8 heteroatoms. The minimum atomic E-state index is -1.04. The highest BCUT2D eigenvalue weighted by Crippen LogP contribution is 2.29. The first-order chi connectivity index (χ1) is 15.0. The second-order valence-corrected chi connectivity index (χ2v) is 9.29. The van der Waals surface area contributed by atoms with Crippen molar-refractivity contribution in [1.82, 2.24) is 10.6 Å². The first kappa shape index (κ1) is 23.5. The molecule has 1 aliphatic heterocycles. The van der Waals surface area contributed by atoms with E-state index in [1.165, 1.54) is 11.3 Å². The van der Waals surface area contributed by atoms with Gasteiger partial charge in [0.25, 0.3) is 5.91 Å². The molecule has 0 saturated carbocycles. The average Bonchev–Trinajstić information content (AvgIpc) is 3.43. The summed E-state index contributed by atoms with van der Waals surface area (Å²) in [6.45, 7) is 3.81. The van der Waals surface area contributed by atoms with E-state index in [-0.39, 0.29) is 30.3 Å². The zero-order valence-electron chi connectivity index (χ0n) is 17.8. The largest absolute Gasteiger partial charge is 0.367 e. The van der Waals surface area contributed by atoms with E-state index in [4.69, 9.17) is 4.74 Å². The van der Waals surface area contributed by atoms with Gasteiger partial charge >= 0.3 is 0 Å². The number of nitrogens with one attached hydrogen (secondary N) is 2. The van der Waals surface area contributed by atoms with Gasteiger partial charge in [0.2, 0.25) is 5.91 Å². The van der Waals surface area contributed by atoms with Crippen LogP contribution in [-0.2, 0) is 20.1 Å². The number of rotatable bonds is 10. The number of benzene rings is 1. The molecule has 0 radical (unpaired) electrons. The van der Waals surface area contributed by atoms with Gasteiger partial charge in [-0.2, -0.15) is 23.1 Å². The highest BCUT2D eigenvalue weighted by Gasteiger charge is 2.50. The van der Waals surface area contributed by atoms with E-state index in [9.17, 15) is 14.4 Å². The van der Waals surface area contributed by atoms with Crippen molar-refractivity contribution in [2.45, 2.75) is 50.1 Å². The Morgan fingerprint density at radius 1 is 1.26 bits per heavy atom. The van der Waals surface area contributed by atoms with Crippen LogP contribution in [-0.4, -0.2) is 47.6 Å². The Labute approximate surface area is 191 Å². The van der Waals surface area contributed by atoms with Gasteiger partial charge < -0.3 is 15.4 Å². The van der Waals surface area contributed by atoms with E-state index in [1.54, 1.807) is 23.2 Å². The Hall–Kier alpha value is -2.16. The van der Waals surface area contributed by atoms with Gasteiger partial charge in [0.05, 0.1) is 11.7 Å². The molecule has 1 aromatic carbocycles. The number of thiophene rings is 1. The van der Waals surface area contributed by atoms with Crippen LogP contribution in [0.5, 0.6) is 0 Å². The maximum atomic E-state index is 13.3. The summed E-state index contributed by atoms with van der Waals surface area (Å²) < 4.78 is 5.63. The SMILES string of the molecule is CCC1OCC(=O)C1(CC)NC(=O)C(CSCc1ccccc1)NC(=O)c1ccsc1. The number of carbonyl (C=O) groups excluding carboxylic acids is 3. The number of thioether (sulfide) groups is 1. The summed E-state index contributed by atoms with van der Waals surface area (Å²) >= 11 is 2.99. The van der Waals surface area contributed by atoms with Crippen LogP contribution in [0.1, 0.15) is 42.6 Å². The quantitative estimate of drug-likeness (QED) is 0.568. The smallest absolute Gasteiger partial charge is 0.252 e. The summed E-state index contributed by atoms with van der Waals surface area (Å²) in [6, 6.07) is 10.9. The molecular formula is C23H28N2O4S2. The van der Waals surface area contributed by atoms with Crippen LogP contribution in [0.15, 0.2) is 47.2 Å². The zero-order valence-corrected chi connectivity index (χ0v) is 19.4. The molecule has 1 fully saturated rings. The van der Waals surface area contributed by atoms with E-state index in [2.05, 4.69) is 10.6 Å². The van der Waals surface area contributed by atoms with Gasteiger partial charge in [0, 0.05) is 16.9 Å². The fourth-order valence-corrected chi connectivity index (χ4v) is 5.40. The van der Waals surface area contributed by atoms with E-state index in [0.717, 1.165) is 11.3 Å². The first-order valence-corrected chi connectivity index (χ1v) is 12.5. The molecule has 31 heavy (non-hydrogen) atoms. The topological polar surface area (TPSA) is 84.5 Å². The minimum Gasteiger partial charge on any atom is -0.367 e. The van der Waals surface area contributed by atoms with Crippen molar-refractivity contribution in [2.24, 2.45) is 0 Å². The lowest BCUT2D eigenvalue weighted by atomic mass is 9.85. The van der Waals surface area contributed by atoms with Crippen LogP contribution >= 0.6 is 23.1 Å². The maximum Gasteiger partial charge on any atom is 0.252 e. The van der Waals surface area contributed by atoms with Crippen molar-refractivity contribution >= 4 is 40.7 Å². The van der Waals surface area contributed by atoms with Crippen LogP contribution in [0.4, 0.5) is 0 Å². The van der Waals surface area contributed by atoms with Crippen LogP contribution < -0.4 is 10.6 Å². The average molecular weight is 461 g/mol. The van der Waals surface area contributed by atoms with Crippen molar-refractivity contribution in [3.63, 3.8) is 0 Å². The Morgan fingerprint density at radius 2 is 2.03 bits per heavy atom. The summed E-state index contributed by atoms with van der Waals surface area (Å²) in [5.74, 6) is 0.339. The van der Waals surface area contributed by atoms with Crippen LogP contribution in [0.2, 0.25) is 0 Å². The minimum absolute atomic E-state index is 0.00130. The molecular weight excluding hydrogens is 432 g/mol. The van der Waals surface area contributed by atoms with Gasteiger partial charge in [-0.05, 0) is 29.9 Å². The van der Waals surface area contributed by atoms with E-state index < -0.39 is 11.6 Å². The second kappa shape index (κ2) is 10.9. The Morgan fingerprint density at radius 3 is 2.68 bits per heavy atom. The second-order valence-electron chi connectivity index (χ2n) is 7.48. The van der Waals surface area contributed by atoms with E-state index in [1.807, 2.05) is 49.6 Å². The van der Waals surface area contributed by atoms with Gasteiger partial charge in [0.15, 0.2) is 5.78 Å². The van der Waals surface area contributed by atoms with Gasteiger partial charge in [-0.1, -0.05) is 44.2 Å². The summed E-state index contributed by atoms with van der Waals surface area (Å²) in [5.41, 5.74) is 0.625. The molecule has 0 bridgehead atoms. The highest BCUT2D eigenvalue weighted by atomic mass is 32.2. The molecule has 0 spiro atoms. The summed E-state index contributed by atoms with van der Waals surface area (Å²) in [6.07, 6.45) is 0.701. The fraction of sp³-hybridized carbons (Fsp3) is 0.435. The molecule has 6 nitrogen and oxygen atoms in total. The number of amides is 2. The fourth-order valence-electron chi connectivity index (χ4n) is 3.75. The van der Waals surface area contributed by atoms with Crippen molar-refractivity contribution in [3.8, 4) is 0 Å². The van der Waals surface area contributed by atoms with Crippen molar-refractivity contribution in [1.29, 1.82) is 0 Å². The molecule has 1 aromatic heterocycles. The molecule has 2 aromatic rings. The Balaban J connectivity index is 1.72. The molecule has 2 amide bonds. The zero-order chi connectivity index (χ0) is 22.3. The highest BCUT2D eigenvalue weighted by molar-refractivity contribution is 7.98. The predicted octanol–water partition coefficient (Wildman–Crippen LogP) is 3.42. The number of Topliss-reactive ketones (excluding diaryl/α,β-unsaturated/α-hetero) is 1. The third kappa shape index (κ3) is 5.56. The van der Waals surface area contributed by atoms with Gasteiger partial charge in [-0.3, -0.25) is 14.4 Å². The van der Waals surface area contributed by atoms with E-state index >= 15 is 0 Å². The van der Waals surface area contributed by atoms with Crippen molar-refractivity contribution in [3.05, 3.63) is 58.3 Å². The normalized spacial score (nSPS) is 21.6. The first-order valence-electron chi connectivity index (χ1n) is 10.4. The number of hydrogen-bond acceptors (Lipinski definition) is 6. The van der Waals surface area contributed by atoms with Crippen LogP contribution in [0.3, 0.4) is 0 Å². The summed E-state index contributed by atoms with van der Waals surface area (Å²) in [4.78, 5) is 38.5. The maximum absolute atomic E-state index is 13.3. The monoisotopic (exact) mass is 460 g/mol. The molecule has 0 aliphatic carbocycles. The lowest BCUT2D eigenvalue weighted by Crippen LogP contribution is -2.62. The molecule has 3 rings (SSSR count). The van der Waals surface area contributed by atoms with Crippen molar-refractivity contribution < 1.29 is 19.1 Å². The molecule has 2 heterocycles.